The molecule has 0 fully saturated rings. The maximum absolute atomic E-state index is 12.9. The van der Waals surface area contributed by atoms with E-state index in [2.05, 4.69) is 10.3 Å². The molecular weight excluding hydrogens is 572 g/mol. The molecule has 0 spiro atoms. The number of ether oxygens (including phenoxy) is 2. The highest BCUT2D eigenvalue weighted by Crippen LogP contribution is 2.28. The fourth-order valence-corrected chi connectivity index (χ4v) is 3.40. The fourth-order valence-electron chi connectivity index (χ4n) is 3.07. The minimum atomic E-state index is -5.08. The normalized spacial score (nSPS) is 10.6. The molecular formula is C28H21Cl2F3N2O5. The number of benzene rings is 3. The first-order valence-electron chi connectivity index (χ1n) is 11.4. The highest BCUT2D eigenvalue weighted by molar-refractivity contribution is 6.34. The largest absolute Gasteiger partial charge is 0.490 e. The summed E-state index contributed by atoms with van der Waals surface area (Å²) in [7, 11) is 0. The van der Waals surface area contributed by atoms with Crippen molar-refractivity contribution in [2.75, 3.05) is 5.32 Å². The van der Waals surface area contributed by atoms with Crippen LogP contribution in [0, 0.1) is 0 Å². The molecule has 0 radical (unpaired) electrons. The van der Waals surface area contributed by atoms with Crippen molar-refractivity contribution in [3.63, 3.8) is 0 Å². The van der Waals surface area contributed by atoms with Gasteiger partial charge in [0, 0.05) is 22.8 Å². The number of carbonyl (C=O) groups excluding carboxylic acids is 1. The highest BCUT2D eigenvalue weighted by atomic mass is 35.5. The van der Waals surface area contributed by atoms with Crippen molar-refractivity contribution in [3.05, 3.63) is 118 Å². The van der Waals surface area contributed by atoms with Crippen LogP contribution in [-0.4, -0.2) is 28.1 Å². The van der Waals surface area contributed by atoms with Gasteiger partial charge in [-0.25, -0.2) is 9.78 Å². The number of hydrogen-bond acceptors (Lipinski definition) is 5. The third-order valence-electron chi connectivity index (χ3n) is 4.96. The van der Waals surface area contributed by atoms with Crippen LogP contribution in [0.2, 0.25) is 10.0 Å². The molecule has 1 amide bonds. The lowest BCUT2D eigenvalue weighted by molar-refractivity contribution is -0.192. The van der Waals surface area contributed by atoms with Crippen LogP contribution in [0.1, 0.15) is 21.5 Å². The van der Waals surface area contributed by atoms with Gasteiger partial charge in [-0.15, -0.1) is 0 Å². The summed E-state index contributed by atoms with van der Waals surface area (Å²) in [4.78, 5) is 26.0. The summed E-state index contributed by atoms with van der Waals surface area (Å²) >= 11 is 12.2. The van der Waals surface area contributed by atoms with Crippen molar-refractivity contribution in [1.29, 1.82) is 0 Å². The molecule has 40 heavy (non-hydrogen) atoms. The Morgan fingerprint density at radius 2 is 1.48 bits per heavy atom. The van der Waals surface area contributed by atoms with E-state index in [1.54, 1.807) is 54.7 Å². The zero-order valence-electron chi connectivity index (χ0n) is 20.5. The number of hydrogen-bond donors (Lipinski definition) is 2. The number of alkyl halides is 3. The Morgan fingerprint density at radius 1 is 0.825 bits per heavy atom. The number of nitrogens with one attached hydrogen (secondary N) is 1. The van der Waals surface area contributed by atoms with Gasteiger partial charge < -0.3 is 19.9 Å². The average Bonchev–Trinajstić information content (AvgIpc) is 2.93. The van der Waals surface area contributed by atoms with Gasteiger partial charge in [-0.05, 0) is 47.5 Å². The van der Waals surface area contributed by atoms with Crippen molar-refractivity contribution in [1.82, 2.24) is 4.98 Å². The van der Waals surface area contributed by atoms with Crippen LogP contribution in [-0.2, 0) is 18.0 Å². The van der Waals surface area contributed by atoms with E-state index in [9.17, 15) is 18.0 Å². The molecule has 0 atom stereocenters. The second kappa shape index (κ2) is 14.2. The molecule has 0 bridgehead atoms. The molecule has 7 nitrogen and oxygen atoms in total. The van der Waals surface area contributed by atoms with Gasteiger partial charge in [-0.1, -0.05) is 65.7 Å². The number of aliphatic carboxylic acids is 1. The summed E-state index contributed by atoms with van der Waals surface area (Å²) in [5.74, 6) is -1.74. The van der Waals surface area contributed by atoms with Crippen LogP contribution in [0.3, 0.4) is 0 Å². The Kier molecular flexibility index (Phi) is 10.7. The average molecular weight is 593 g/mol. The van der Waals surface area contributed by atoms with Gasteiger partial charge in [0.2, 0.25) is 0 Å². The number of rotatable bonds is 8. The van der Waals surface area contributed by atoms with Crippen molar-refractivity contribution in [3.8, 4) is 11.5 Å². The second-order valence-electron chi connectivity index (χ2n) is 7.95. The third-order valence-corrected chi connectivity index (χ3v) is 5.51. The van der Waals surface area contributed by atoms with Crippen molar-refractivity contribution < 1.29 is 37.3 Å². The van der Waals surface area contributed by atoms with Crippen molar-refractivity contribution in [2.24, 2.45) is 0 Å². The maximum atomic E-state index is 12.9. The summed E-state index contributed by atoms with van der Waals surface area (Å²) in [5, 5.41) is 10.9. The first-order chi connectivity index (χ1) is 19.0. The van der Waals surface area contributed by atoms with E-state index in [1.807, 2.05) is 36.4 Å². The standard InChI is InChI=1S/C26H20Cl2N2O3.C2HF3O2/c27-21-11-12-22(28)24(15-21)33-17-19-8-4-9-20(14-19)26(31)30-25-23(10-5-13-29-25)32-16-18-6-2-1-3-7-18;3-2(4,5)1(6)7/h1-15H,16-17H2,(H,29,30,31);(H,6,7). The van der Waals surface area contributed by atoms with E-state index in [4.69, 9.17) is 42.6 Å². The topological polar surface area (TPSA) is 97.8 Å². The number of pyridine rings is 1. The maximum Gasteiger partial charge on any atom is 0.490 e. The lowest BCUT2D eigenvalue weighted by Crippen LogP contribution is -2.21. The van der Waals surface area contributed by atoms with Crippen molar-refractivity contribution >= 4 is 40.9 Å². The summed E-state index contributed by atoms with van der Waals surface area (Å²) < 4.78 is 43.4. The Labute approximate surface area is 237 Å². The van der Waals surface area contributed by atoms with E-state index < -0.39 is 12.1 Å². The van der Waals surface area contributed by atoms with E-state index in [-0.39, 0.29) is 12.5 Å². The lowest BCUT2D eigenvalue weighted by atomic mass is 10.1. The van der Waals surface area contributed by atoms with Gasteiger partial charge >= 0.3 is 12.1 Å². The number of anilines is 1. The van der Waals surface area contributed by atoms with Crippen LogP contribution < -0.4 is 14.8 Å². The monoisotopic (exact) mass is 592 g/mol. The summed E-state index contributed by atoms with van der Waals surface area (Å²) in [6, 6.07) is 25.5. The van der Waals surface area contributed by atoms with Crippen LogP contribution >= 0.6 is 23.2 Å². The number of carboxylic acids is 1. The van der Waals surface area contributed by atoms with E-state index in [0.717, 1.165) is 11.1 Å². The molecule has 12 heteroatoms. The fraction of sp³-hybridized carbons (Fsp3) is 0.107. The first kappa shape index (κ1) is 30.3. The Balaban J connectivity index is 0.000000559. The number of carbonyl (C=O) groups is 2. The summed E-state index contributed by atoms with van der Waals surface area (Å²) in [6.07, 6.45) is -3.48. The molecule has 0 saturated carbocycles. The first-order valence-corrected chi connectivity index (χ1v) is 12.2. The molecule has 3 aromatic carbocycles. The molecule has 1 aromatic heterocycles. The quantitative estimate of drug-likeness (QED) is 0.221. The van der Waals surface area contributed by atoms with Gasteiger partial charge in [0.05, 0.1) is 5.02 Å². The Hall–Kier alpha value is -4.28. The molecule has 0 aliphatic heterocycles. The minimum absolute atomic E-state index is 0.232. The van der Waals surface area contributed by atoms with Gasteiger partial charge in [-0.3, -0.25) is 4.79 Å². The van der Waals surface area contributed by atoms with Crippen molar-refractivity contribution in [2.45, 2.75) is 19.4 Å². The smallest absolute Gasteiger partial charge is 0.487 e. The van der Waals surface area contributed by atoms with E-state index >= 15 is 0 Å². The van der Waals surface area contributed by atoms with Gasteiger partial charge in [-0.2, -0.15) is 13.2 Å². The predicted octanol–water partition coefficient (Wildman–Crippen LogP) is 7.43. The van der Waals surface area contributed by atoms with E-state index in [0.29, 0.717) is 39.5 Å². The Bertz CT molecular complexity index is 1450. The molecule has 1 heterocycles. The molecule has 208 valence electrons. The molecule has 0 unspecified atom stereocenters. The van der Waals surface area contributed by atoms with Crippen LogP contribution in [0.5, 0.6) is 11.5 Å². The summed E-state index contributed by atoms with van der Waals surface area (Å²) in [6.45, 7) is 0.602. The van der Waals surface area contributed by atoms with Gasteiger partial charge in [0.15, 0.2) is 11.6 Å². The van der Waals surface area contributed by atoms with Crippen LogP contribution in [0.4, 0.5) is 19.0 Å². The second-order valence-corrected chi connectivity index (χ2v) is 8.79. The van der Waals surface area contributed by atoms with Gasteiger partial charge in [0.1, 0.15) is 19.0 Å². The molecule has 2 N–H and O–H groups in total. The molecule has 0 saturated heterocycles. The zero-order valence-corrected chi connectivity index (χ0v) is 22.0. The molecule has 0 aliphatic carbocycles. The Morgan fingerprint density at radius 3 is 2.17 bits per heavy atom. The predicted molar refractivity (Wildman–Crippen MR) is 144 cm³/mol. The number of carboxylic acid groups (broad SMARTS) is 1. The number of amides is 1. The van der Waals surface area contributed by atoms with Crippen LogP contribution in [0.25, 0.3) is 0 Å². The SMILES string of the molecule is O=C(Nc1ncccc1OCc1ccccc1)c1cccc(COc2cc(Cl)ccc2Cl)c1.O=C(O)C(F)(F)F. The number of halogens is 5. The highest BCUT2D eigenvalue weighted by Gasteiger charge is 2.38. The number of nitrogens with zero attached hydrogens (tertiary/aromatic N) is 1. The lowest BCUT2D eigenvalue weighted by Gasteiger charge is -2.12. The minimum Gasteiger partial charge on any atom is -0.487 e. The van der Waals surface area contributed by atoms with E-state index in [1.165, 1.54) is 0 Å². The van der Waals surface area contributed by atoms with Crippen LogP contribution in [0.15, 0.2) is 91.1 Å². The summed E-state index contributed by atoms with van der Waals surface area (Å²) in [5.41, 5.74) is 2.29. The van der Waals surface area contributed by atoms with Gasteiger partial charge in [0.25, 0.3) is 5.91 Å². The molecule has 0 aliphatic rings. The number of aromatic nitrogens is 1. The molecule has 4 rings (SSSR count). The molecule has 4 aromatic rings. The zero-order chi connectivity index (χ0) is 29.1. The third kappa shape index (κ3) is 9.48.